The Morgan fingerprint density at radius 2 is 2.19 bits per heavy atom. The highest BCUT2D eigenvalue weighted by Gasteiger charge is 2.28. The number of hydrogen-bond acceptors (Lipinski definition) is 3. The molecule has 1 saturated carbocycles. The number of nitrogens with zero attached hydrogens (tertiary/aromatic N) is 2. The Balaban J connectivity index is 2.00. The van der Waals surface area contributed by atoms with Crippen molar-refractivity contribution in [2.45, 2.75) is 18.9 Å². The Morgan fingerprint density at radius 3 is 2.75 bits per heavy atom. The summed E-state index contributed by atoms with van der Waals surface area (Å²) in [5.74, 6) is -0.801. The Labute approximate surface area is 92.7 Å². The zero-order valence-electron chi connectivity index (χ0n) is 9.03. The smallest absolute Gasteiger partial charge is 0.168 e. The van der Waals surface area contributed by atoms with Gasteiger partial charge in [-0.3, -0.25) is 0 Å². The average molecular weight is 228 g/mol. The van der Waals surface area contributed by atoms with Crippen LogP contribution in [0.3, 0.4) is 0 Å². The second-order valence-electron chi connectivity index (χ2n) is 4.33. The summed E-state index contributed by atoms with van der Waals surface area (Å²) >= 11 is 0. The minimum atomic E-state index is -0.672. The third-order valence-electron chi connectivity index (χ3n) is 2.89. The Morgan fingerprint density at radius 1 is 1.50 bits per heavy atom. The fourth-order valence-electron chi connectivity index (χ4n) is 2.01. The van der Waals surface area contributed by atoms with Crippen LogP contribution in [0, 0.1) is 17.6 Å². The van der Waals surface area contributed by atoms with Gasteiger partial charge in [-0.1, -0.05) is 0 Å². The predicted molar refractivity (Wildman–Crippen MR) is 56.2 cm³/mol. The highest BCUT2D eigenvalue weighted by Crippen LogP contribution is 2.29. The molecule has 0 spiro atoms. The van der Waals surface area contributed by atoms with E-state index in [-0.39, 0.29) is 11.9 Å². The maximum atomic E-state index is 13.4. The maximum absolute atomic E-state index is 13.4. The van der Waals surface area contributed by atoms with Gasteiger partial charge in [0.2, 0.25) is 0 Å². The monoisotopic (exact) mass is 228 g/mol. The summed E-state index contributed by atoms with van der Waals surface area (Å²) < 4.78 is 26.0. The molecule has 0 saturated heterocycles. The van der Waals surface area contributed by atoms with E-state index >= 15 is 0 Å². The van der Waals surface area contributed by atoms with Crippen LogP contribution in [0.2, 0.25) is 0 Å². The lowest BCUT2D eigenvalue weighted by Gasteiger charge is -2.34. The van der Waals surface area contributed by atoms with Crippen molar-refractivity contribution in [3.8, 4) is 0 Å². The van der Waals surface area contributed by atoms with Crippen molar-refractivity contribution in [1.29, 1.82) is 0 Å². The van der Waals surface area contributed by atoms with E-state index in [1.807, 2.05) is 0 Å². The molecule has 1 heterocycles. The molecule has 1 fully saturated rings. The molecule has 0 aliphatic heterocycles. The number of hydrogen-bond donors (Lipinski definition) is 1. The highest BCUT2D eigenvalue weighted by molar-refractivity contribution is 5.38. The molecular formula is C11H14F2N2O. The quantitative estimate of drug-likeness (QED) is 0.853. The number of aliphatic hydroxyl groups is 1. The molecule has 1 aromatic rings. The van der Waals surface area contributed by atoms with Gasteiger partial charge in [-0.2, -0.15) is 0 Å². The van der Waals surface area contributed by atoms with E-state index in [1.54, 1.807) is 11.9 Å². The summed E-state index contributed by atoms with van der Waals surface area (Å²) in [5, 5.41) is 9.13. The molecule has 16 heavy (non-hydrogen) atoms. The SMILES string of the molecule is CN(CC1CC(O)C1)c1ncc(F)cc1F. The first-order valence-corrected chi connectivity index (χ1v) is 5.26. The molecule has 0 atom stereocenters. The van der Waals surface area contributed by atoms with Crippen molar-refractivity contribution in [3.05, 3.63) is 23.9 Å². The lowest BCUT2D eigenvalue weighted by Crippen LogP contribution is -2.37. The topological polar surface area (TPSA) is 36.4 Å². The van der Waals surface area contributed by atoms with Crippen LogP contribution < -0.4 is 4.90 Å². The van der Waals surface area contributed by atoms with Gasteiger partial charge in [0.15, 0.2) is 11.6 Å². The molecule has 0 amide bonds. The van der Waals surface area contributed by atoms with Crippen LogP contribution in [0.5, 0.6) is 0 Å². The molecule has 2 rings (SSSR count). The van der Waals surface area contributed by atoms with Gasteiger partial charge in [0, 0.05) is 19.7 Å². The molecular weight excluding hydrogens is 214 g/mol. The van der Waals surface area contributed by atoms with Crippen molar-refractivity contribution in [1.82, 2.24) is 4.98 Å². The summed E-state index contributed by atoms with van der Waals surface area (Å²) in [7, 11) is 1.72. The van der Waals surface area contributed by atoms with Crippen molar-refractivity contribution in [2.24, 2.45) is 5.92 Å². The number of anilines is 1. The Hall–Kier alpha value is -1.23. The van der Waals surface area contributed by atoms with E-state index in [9.17, 15) is 8.78 Å². The number of halogens is 2. The van der Waals surface area contributed by atoms with Crippen molar-refractivity contribution < 1.29 is 13.9 Å². The molecule has 1 aliphatic carbocycles. The second kappa shape index (κ2) is 4.33. The summed E-state index contributed by atoms with van der Waals surface area (Å²) in [6.45, 7) is 0.632. The number of pyridine rings is 1. The van der Waals surface area contributed by atoms with Gasteiger partial charge in [0.25, 0.3) is 0 Å². The van der Waals surface area contributed by atoms with Gasteiger partial charge in [-0.15, -0.1) is 0 Å². The fourth-order valence-corrected chi connectivity index (χ4v) is 2.01. The summed E-state index contributed by atoms with van der Waals surface area (Å²) in [6, 6.07) is 0.828. The largest absolute Gasteiger partial charge is 0.393 e. The van der Waals surface area contributed by atoms with Crippen LogP contribution in [0.15, 0.2) is 12.3 Å². The minimum Gasteiger partial charge on any atom is -0.393 e. The molecule has 0 bridgehead atoms. The van der Waals surface area contributed by atoms with Crippen LogP contribution in [0.25, 0.3) is 0 Å². The molecule has 0 radical (unpaired) electrons. The molecule has 88 valence electrons. The van der Waals surface area contributed by atoms with Gasteiger partial charge < -0.3 is 10.0 Å². The van der Waals surface area contributed by atoms with Gasteiger partial charge in [-0.25, -0.2) is 13.8 Å². The molecule has 1 aromatic heterocycles. The Bertz CT molecular complexity index is 380. The van der Waals surface area contributed by atoms with E-state index in [0.717, 1.165) is 25.1 Å². The average Bonchev–Trinajstić information content (AvgIpc) is 2.15. The first-order valence-electron chi connectivity index (χ1n) is 5.26. The van der Waals surface area contributed by atoms with Crippen LogP contribution >= 0.6 is 0 Å². The lowest BCUT2D eigenvalue weighted by molar-refractivity contribution is 0.0464. The molecule has 0 aromatic carbocycles. The van der Waals surface area contributed by atoms with E-state index < -0.39 is 11.6 Å². The Kier molecular flexibility index (Phi) is 3.05. The minimum absolute atomic E-state index is 0.155. The first-order chi connectivity index (χ1) is 7.56. The standard InChI is InChI=1S/C11H14F2N2O/c1-15(6-7-2-9(16)3-7)11-10(13)4-8(12)5-14-11/h4-5,7,9,16H,2-3,6H2,1H3. The second-order valence-corrected chi connectivity index (χ2v) is 4.33. The number of rotatable bonds is 3. The van der Waals surface area contributed by atoms with Crippen molar-refractivity contribution in [3.63, 3.8) is 0 Å². The fraction of sp³-hybridized carbons (Fsp3) is 0.545. The van der Waals surface area contributed by atoms with Gasteiger partial charge >= 0.3 is 0 Å². The van der Waals surface area contributed by atoms with Gasteiger partial charge in [-0.05, 0) is 18.8 Å². The molecule has 0 unspecified atom stereocenters. The van der Waals surface area contributed by atoms with Gasteiger partial charge in [0.1, 0.15) is 5.82 Å². The number of aliphatic hydroxyl groups excluding tert-OH is 1. The summed E-state index contributed by atoms with van der Waals surface area (Å²) in [4.78, 5) is 5.38. The van der Waals surface area contributed by atoms with E-state index in [4.69, 9.17) is 5.11 Å². The van der Waals surface area contributed by atoms with E-state index in [0.29, 0.717) is 12.5 Å². The van der Waals surface area contributed by atoms with Crippen molar-refractivity contribution in [2.75, 3.05) is 18.5 Å². The molecule has 1 N–H and O–H groups in total. The van der Waals surface area contributed by atoms with Gasteiger partial charge in [0.05, 0.1) is 12.3 Å². The highest BCUT2D eigenvalue weighted by atomic mass is 19.1. The van der Waals surface area contributed by atoms with Crippen LogP contribution in [0.4, 0.5) is 14.6 Å². The number of aromatic nitrogens is 1. The zero-order valence-corrected chi connectivity index (χ0v) is 9.03. The summed E-state index contributed by atoms with van der Waals surface area (Å²) in [5.41, 5.74) is 0. The van der Waals surface area contributed by atoms with Crippen LogP contribution in [-0.4, -0.2) is 29.8 Å². The predicted octanol–water partition coefficient (Wildman–Crippen LogP) is 1.57. The molecule has 1 aliphatic rings. The van der Waals surface area contributed by atoms with Crippen LogP contribution in [0.1, 0.15) is 12.8 Å². The third-order valence-corrected chi connectivity index (χ3v) is 2.89. The maximum Gasteiger partial charge on any atom is 0.168 e. The van der Waals surface area contributed by atoms with Crippen LogP contribution in [-0.2, 0) is 0 Å². The van der Waals surface area contributed by atoms with E-state index in [1.165, 1.54) is 0 Å². The molecule has 5 heteroatoms. The molecule has 3 nitrogen and oxygen atoms in total. The van der Waals surface area contributed by atoms with Crippen molar-refractivity contribution >= 4 is 5.82 Å². The third kappa shape index (κ3) is 2.29. The van der Waals surface area contributed by atoms with E-state index in [2.05, 4.69) is 4.98 Å². The summed E-state index contributed by atoms with van der Waals surface area (Å²) in [6.07, 6.45) is 2.27. The lowest BCUT2D eigenvalue weighted by atomic mass is 9.82. The first kappa shape index (κ1) is 11.3. The normalized spacial score (nSPS) is 24.0. The zero-order chi connectivity index (χ0) is 11.7.